The molecule has 0 spiro atoms. The molecule has 1 N–H and O–H groups in total. The van der Waals surface area contributed by atoms with Crippen LogP contribution in [0.2, 0.25) is 0 Å². The predicted octanol–water partition coefficient (Wildman–Crippen LogP) is 4.37. The zero-order valence-corrected chi connectivity index (χ0v) is 20.6. The lowest BCUT2D eigenvalue weighted by molar-refractivity contribution is -0.135. The Morgan fingerprint density at radius 1 is 1.09 bits per heavy atom. The Hall–Kier alpha value is -1.92. The normalized spacial score (nSPS) is 27.0. The van der Waals surface area contributed by atoms with Gasteiger partial charge in [0.2, 0.25) is 0 Å². The van der Waals surface area contributed by atoms with Gasteiger partial charge in [-0.05, 0) is 74.6 Å². The van der Waals surface area contributed by atoms with Gasteiger partial charge in [0, 0.05) is 13.2 Å². The number of likely N-dealkylation sites (tertiary alicyclic amines) is 1. The van der Waals surface area contributed by atoms with Crippen LogP contribution in [0.5, 0.6) is 0 Å². The Labute approximate surface area is 199 Å². The molecule has 3 saturated heterocycles. The summed E-state index contributed by atoms with van der Waals surface area (Å²) >= 11 is 0. The van der Waals surface area contributed by atoms with E-state index in [1.165, 1.54) is 16.0 Å². The van der Waals surface area contributed by atoms with E-state index in [-0.39, 0.29) is 24.0 Å². The minimum Gasteiger partial charge on any atom is -0.376 e. The molecule has 6 heteroatoms. The maximum atomic E-state index is 13.6. The maximum absolute atomic E-state index is 13.6. The average Bonchev–Trinajstić information content (AvgIpc) is 3.39. The number of nitrogens with one attached hydrogen (secondary N) is 1. The van der Waals surface area contributed by atoms with E-state index in [1.54, 1.807) is 0 Å². The Bertz CT molecular complexity index is 810. The van der Waals surface area contributed by atoms with E-state index in [0.717, 1.165) is 64.8 Å². The van der Waals surface area contributed by atoms with Crippen LogP contribution in [-0.2, 0) is 22.5 Å². The van der Waals surface area contributed by atoms with Crippen LogP contribution in [0.4, 0.5) is 4.79 Å². The monoisotopic (exact) mass is 455 g/mol. The highest BCUT2D eigenvalue weighted by Gasteiger charge is 2.55. The third kappa shape index (κ3) is 5.43. The zero-order chi connectivity index (χ0) is 23.4. The molecule has 33 heavy (non-hydrogen) atoms. The van der Waals surface area contributed by atoms with Crippen LogP contribution in [0.25, 0.3) is 0 Å². The number of urea groups is 1. The van der Waals surface area contributed by atoms with Crippen LogP contribution >= 0.6 is 0 Å². The fourth-order valence-corrected chi connectivity index (χ4v) is 5.94. The molecule has 3 amide bonds. The minimum absolute atomic E-state index is 0.00843. The van der Waals surface area contributed by atoms with Gasteiger partial charge in [0.05, 0.1) is 12.6 Å². The second kappa shape index (κ2) is 10.6. The first kappa shape index (κ1) is 24.2. The molecule has 3 heterocycles. The maximum Gasteiger partial charge on any atom is 0.325 e. The molecule has 0 bridgehead atoms. The first-order valence-electron chi connectivity index (χ1n) is 13.0. The molecule has 4 rings (SSSR count). The fourth-order valence-electron chi connectivity index (χ4n) is 5.94. The third-order valence-corrected chi connectivity index (χ3v) is 7.61. The molecule has 1 aromatic rings. The lowest BCUT2D eigenvalue weighted by atomic mass is 9.74. The molecule has 0 saturated carbocycles. The molecular weight excluding hydrogens is 414 g/mol. The lowest BCUT2D eigenvalue weighted by Gasteiger charge is -2.41. The number of hydrogen-bond acceptors (Lipinski definition) is 4. The van der Waals surface area contributed by atoms with Crippen molar-refractivity contribution in [2.24, 2.45) is 11.8 Å². The van der Waals surface area contributed by atoms with Crippen molar-refractivity contribution < 1.29 is 14.3 Å². The summed E-state index contributed by atoms with van der Waals surface area (Å²) in [5.74, 6) is 0.836. The minimum atomic E-state index is -0.741. The number of hydrogen-bond donors (Lipinski definition) is 1. The van der Waals surface area contributed by atoms with Gasteiger partial charge >= 0.3 is 6.03 Å². The Morgan fingerprint density at radius 3 is 2.39 bits per heavy atom. The van der Waals surface area contributed by atoms with Crippen LogP contribution in [-0.4, -0.2) is 59.6 Å². The molecule has 182 valence electrons. The number of imide groups is 1. The second-order valence-electron chi connectivity index (χ2n) is 10.7. The first-order valence-corrected chi connectivity index (χ1v) is 13.0. The second-order valence-corrected chi connectivity index (χ2v) is 10.7. The zero-order valence-electron chi connectivity index (χ0n) is 20.6. The number of ether oxygens (including phenoxy) is 1. The molecule has 3 fully saturated rings. The largest absolute Gasteiger partial charge is 0.376 e. The van der Waals surface area contributed by atoms with Gasteiger partial charge in [0.1, 0.15) is 5.54 Å². The van der Waals surface area contributed by atoms with Gasteiger partial charge in [-0.15, -0.1) is 0 Å². The predicted molar refractivity (Wildman–Crippen MR) is 130 cm³/mol. The number of carbonyl (C=O) groups excluding carboxylic acids is 2. The molecule has 0 radical (unpaired) electrons. The lowest BCUT2D eigenvalue weighted by Crippen LogP contribution is -2.56. The van der Waals surface area contributed by atoms with Gasteiger partial charge in [-0.3, -0.25) is 14.6 Å². The summed E-state index contributed by atoms with van der Waals surface area (Å²) in [5.41, 5.74) is 2.00. The highest BCUT2D eigenvalue weighted by Crippen LogP contribution is 2.37. The summed E-state index contributed by atoms with van der Waals surface area (Å²) in [7, 11) is 0. The summed E-state index contributed by atoms with van der Waals surface area (Å²) in [4.78, 5) is 30.3. The number of rotatable bonds is 9. The number of benzene rings is 1. The number of nitrogens with zero attached hydrogens (tertiary/aromatic N) is 2. The Kier molecular flexibility index (Phi) is 7.75. The standard InChI is InChI=1S/C27H41N3O3/c1-4-13-27(25(31)30(26(32)28-27)19-24-6-5-16-33-24)23-11-14-29(15-12-23)18-22-9-7-21(8-10-22)17-20(2)3/h7-10,20,23-24H,4-6,11-19H2,1-3H3,(H,28,32)/t24-,27-/m0/s1. The van der Waals surface area contributed by atoms with Gasteiger partial charge in [0.25, 0.3) is 5.91 Å². The molecule has 0 aromatic heterocycles. The number of piperidine rings is 1. The first-order chi connectivity index (χ1) is 15.9. The summed E-state index contributed by atoms with van der Waals surface area (Å²) in [6.45, 7) is 10.6. The highest BCUT2D eigenvalue weighted by atomic mass is 16.5. The SMILES string of the molecule is CCC[C@@]1(C2CCN(Cc3ccc(CC(C)C)cc3)CC2)NC(=O)N(C[C@@H]2CCCO2)C1=O. The number of carbonyl (C=O) groups is 2. The Morgan fingerprint density at radius 2 is 1.79 bits per heavy atom. The van der Waals surface area contributed by atoms with E-state index in [2.05, 4.69) is 55.3 Å². The molecule has 6 nitrogen and oxygen atoms in total. The molecule has 3 aliphatic heterocycles. The van der Waals surface area contributed by atoms with Crippen LogP contribution < -0.4 is 5.32 Å². The molecule has 0 aliphatic carbocycles. The van der Waals surface area contributed by atoms with Crippen molar-refractivity contribution >= 4 is 11.9 Å². The van der Waals surface area contributed by atoms with Crippen LogP contribution in [0.15, 0.2) is 24.3 Å². The molecule has 0 unspecified atom stereocenters. The molecule has 2 atom stereocenters. The van der Waals surface area contributed by atoms with Crippen molar-refractivity contribution in [3.63, 3.8) is 0 Å². The van der Waals surface area contributed by atoms with Gasteiger partial charge in [-0.2, -0.15) is 0 Å². The van der Waals surface area contributed by atoms with Gasteiger partial charge in [0.15, 0.2) is 0 Å². The van der Waals surface area contributed by atoms with E-state index < -0.39 is 5.54 Å². The van der Waals surface area contributed by atoms with Gasteiger partial charge in [-0.1, -0.05) is 51.5 Å². The number of amides is 3. The summed E-state index contributed by atoms with van der Waals surface area (Å²) in [5, 5.41) is 3.16. The van der Waals surface area contributed by atoms with Crippen molar-refractivity contribution in [2.45, 2.75) is 83.9 Å². The van der Waals surface area contributed by atoms with Crippen molar-refractivity contribution in [1.82, 2.24) is 15.1 Å². The quantitative estimate of drug-likeness (QED) is 0.562. The highest BCUT2D eigenvalue weighted by molar-refractivity contribution is 6.07. The molecular formula is C27H41N3O3. The van der Waals surface area contributed by atoms with Gasteiger partial charge < -0.3 is 10.1 Å². The van der Waals surface area contributed by atoms with E-state index in [9.17, 15) is 9.59 Å². The van der Waals surface area contributed by atoms with E-state index >= 15 is 0 Å². The fraction of sp³-hybridized carbons (Fsp3) is 0.704. The van der Waals surface area contributed by atoms with E-state index in [1.807, 2.05) is 0 Å². The van der Waals surface area contributed by atoms with Crippen molar-refractivity contribution in [2.75, 3.05) is 26.2 Å². The average molecular weight is 456 g/mol. The smallest absolute Gasteiger partial charge is 0.325 e. The van der Waals surface area contributed by atoms with E-state index in [0.29, 0.717) is 18.9 Å². The van der Waals surface area contributed by atoms with Crippen LogP contribution in [0, 0.1) is 11.8 Å². The van der Waals surface area contributed by atoms with Crippen molar-refractivity contribution in [3.05, 3.63) is 35.4 Å². The van der Waals surface area contributed by atoms with Crippen LogP contribution in [0.3, 0.4) is 0 Å². The topological polar surface area (TPSA) is 61.9 Å². The van der Waals surface area contributed by atoms with Crippen molar-refractivity contribution in [1.29, 1.82) is 0 Å². The molecule has 1 aromatic carbocycles. The Balaban J connectivity index is 1.36. The van der Waals surface area contributed by atoms with Gasteiger partial charge in [-0.25, -0.2) is 4.79 Å². The van der Waals surface area contributed by atoms with Crippen LogP contribution in [0.1, 0.15) is 70.4 Å². The summed E-state index contributed by atoms with van der Waals surface area (Å²) in [6.07, 6.45) is 6.50. The van der Waals surface area contributed by atoms with E-state index in [4.69, 9.17) is 4.74 Å². The van der Waals surface area contributed by atoms with Crippen molar-refractivity contribution in [3.8, 4) is 0 Å². The molecule has 3 aliphatic rings. The summed E-state index contributed by atoms with van der Waals surface area (Å²) in [6, 6.07) is 8.80. The summed E-state index contributed by atoms with van der Waals surface area (Å²) < 4.78 is 5.70. The third-order valence-electron chi connectivity index (χ3n) is 7.61.